The van der Waals surface area contributed by atoms with Crippen LogP contribution in [0.5, 0.6) is 5.75 Å². The summed E-state index contributed by atoms with van der Waals surface area (Å²) in [5.41, 5.74) is 0.0539. The van der Waals surface area contributed by atoms with Crippen molar-refractivity contribution in [2.24, 2.45) is 0 Å². The first kappa shape index (κ1) is 12.8. The minimum atomic E-state index is -0.430. The molecule has 0 unspecified atom stereocenters. The summed E-state index contributed by atoms with van der Waals surface area (Å²) < 4.78 is 5.40. The van der Waals surface area contributed by atoms with Gasteiger partial charge in [0.2, 0.25) is 0 Å². The molecule has 0 spiro atoms. The number of unbranched alkanes of at least 4 members (excludes halogenated alkanes) is 2. The molecule has 0 heterocycles. The van der Waals surface area contributed by atoms with Gasteiger partial charge in [-0.2, -0.15) is 0 Å². The van der Waals surface area contributed by atoms with E-state index in [9.17, 15) is 10.1 Å². The van der Waals surface area contributed by atoms with Crippen molar-refractivity contribution in [1.82, 2.24) is 0 Å². The molecule has 16 heavy (non-hydrogen) atoms. The zero-order valence-corrected chi connectivity index (χ0v) is 9.65. The maximum atomic E-state index is 10.5. The monoisotopic (exact) mass is 243 g/mol. The van der Waals surface area contributed by atoms with Crippen molar-refractivity contribution in [3.05, 3.63) is 34.4 Å². The zero-order chi connectivity index (χ0) is 11.8. The fourth-order valence-corrected chi connectivity index (χ4v) is 1.44. The van der Waals surface area contributed by atoms with E-state index in [0.29, 0.717) is 18.2 Å². The third kappa shape index (κ3) is 4.49. The Morgan fingerprint density at radius 3 is 2.81 bits per heavy atom. The Labute approximate surface area is 99.3 Å². The quantitative estimate of drug-likeness (QED) is 0.319. The van der Waals surface area contributed by atoms with E-state index in [1.165, 1.54) is 12.1 Å². The molecule has 0 saturated heterocycles. The number of alkyl halides is 1. The predicted molar refractivity (Wildman–Crippen MR) is 63.2 cm³/mol. The molecule has 0 atom stereocenters. The smallest absolute Gasteiger partial charge is 0.273 e. The number of benzene rings is 1. The zero-order valence-electron chi connectivity index (χ0n) is 8.89. The van der Waals surface area contributed by atoms with Crippen LogP contribution in [-0.4, -0.2) is 17.4 Å². The van der Waals surface area contributed by atoms with Crippen molar-refractivity contribution in [2.75, 3.05) is 12.5 Å². The number of nitro benzene ring substituents is 1. The van der Waals surface area contributed by atoms with E-state index in [2.05, 4.69) is 0 Å². The Bertz CT molecular complexity index is 344. The van der Waals surface area contributed by atoms with Gasteiger partial charge in [0.1, 0.15) is 5.75 Å². The first-order chi connectivity index (χ1) is 7.74. The van der Waals surface area contributed by atoms with Crippen LogP contribution in [0.1, 0.15) is 19.3 Å². The number of nitrogens with zero attached hydrogens (tertiary/aromatic N) is 1. The van der Waals surface area contributed by atoms with E-state index in [0.717, 1.165) is 19.3 Å². The van der Waals surface area contributed by atoms with Crippen molar-refractivity contribution >= 4 is 17.3 Å². The number of halogens is 1. The van der Waals surface area contributed by atoms with Crippen LogP contribution >= 0.6 is 11.6 Å². The highest BCUT2D eigenvalue weighted by atomic mass is 35.5. The molecule has 0 radical (unpaired) electrons. The molecule has 1 rings (SSSR count). The van der Waals surface area contributed by atoms with Gasteiger partial charge < -0.3 is 4.74 Å². The summed E-state index contributed by atoms with van der Waals surface area (Å²) >= 11 is 5.54. The molecule has 0 saturated carbocycles. The average Bonchev–Trinajstić information content (AvgIpc) is 2.29. The minimum absolute atomic E-state index is 0.0539. The van der Waals surface area contributed by atoms with E-state index in [4.69, 9.17) is 16.3 Å². The summed E-state index contributed by atoms with van der Waals surface area (Å²) in [6.07, 6.45) is 2.90. The number of hydrogen-bond acceptors (Lipinski definition) is 3. The lowest BCUT2D eigenvalue weighted by Gasteiger charge is -2.05. The van der Waals surface area contributed by atoms with E-state index in [-0.39, 0.29) is 5.69 Å². The van der Waals surface area contributed by atoms with Crippen LogP contribution in [0.15, 0.2) is 24.3 Å². The molecule has 0 aliphatic heterocycles. The topological polar surface area (TPSA) is 52.4 Å². The minimum Gasteiger partial charge on any atom is -0.493 e. The normalized spacial score (nSPS) is 10.1. The number of ether oxygens (including phenoxy) is 1. The second-order valence-electron chi connectivity index (χ2n) is 3.35. The largest absolute Gasteiger partial charge is 0.493 e. The third-order valence-electron chi connectivity index (χ3n) is 2.08. The van der Waals surface area contributed by atoms with Gasteiger partial charge in [-0.25, -0.2) is 0 Å². The molecule has 0 aliphatic rings. The van der Waals surface area contributed by atoms with Gasteiger partial charge >= 0.3 is 0 Å². The Hall–Kier alpha value is -1.29. The summed E-state index contributed by atoms with van der Waals surface area (Å²) in [4.78, 5) is 10.1. The Morgan fingerprint density at radius 2 is 2.12 bits per heavy atom. The number of non-ortho nitro benzene ring substituents is 1. The van der Waals surface area contributed by atoms with Crippen molar-refractivity contribution < 1.29 is 9.66 Å². The number of hydrogen-bond donors (Lipinski definition) is 0. The Balaban J connectivity index is 2.36. The maximum absolute atomic E-state index is 10.5. The maximum Gasteiger partial charge on any atom is 0.273 e. The van der Waals surface area contributed by atoms with Gasteiger partial charge in [0.25, 0.3) is 5.69 Å². The number of rotatable bonds is 7. The molecular formula is C11H14ClNO3. The Morgan fingerprint density at radius 1 is 1.31 bits per heavy atom. The summed E-state index contributed by atoms with van der Waals surface area (Å²) in [6.45, 7) is 0.568. The molecular weight excluding hydrogens is 230 g/mol. The molecule has 0 bridgehead atoms. The van der Waals surface area contributed by atoms with E-state index in [1.807, 2.05) is 0 Å². The molecule has 0 aliphatic carbocycles. The van der Waals surface area contributed by atoms with Gasteiger partial charge in [-0.05, 0) is 25.3 Å². The second kappa shape index (κ2) is 7.06. The van der Waals surface area contributed by atoms with Crippen molar-refractivity contribution in [1.29, 1.82) is 0 Å². The van der Waals surface area contributed by atoms with Crippen molar-refractivity contribution in [3.8, 4) is 5.75 Å². The lowest BCUT2D eigenvalue weighted by atomic mass is 10.2. The third-order valence-corrected chi connectivity index (χ3v) is 2.34. The van der Waals surface area contributed by atoms with Crippen molar-refractivity contribution in [2.45, 2.75) is 19.3 Å². The van der Waals surface area contributed by atoms with Crippen LogP contribution < -0.4 is 4.74 Å². The predicted octanol–water partition coefficient (Wildman–Crippen LogP) is 3.38. The van der Waals surface area contributed by atoms with Crippen LogP contribution in [0.4, 0.5) is 5.69 Å². The molecule has 1 aromatic carbocycles. The van der Waals surface area contributed by atoms with Crippen LogP contribution in [0.2, 0.25) is 0 Å². The summed E-state index contributed by atoms with van der Waals surface area (Å²) in [7, 11) is 0. The fraction of sp³-hybridized carbons (Fsp3) is 0.455. The van der Waals surface area contributed by atoms with Gasteiger partial charge in [0.05, 0.1) is 17.6 Å². The average molecular weight is 244 g/mol. The number of nitro groups is 1. The highest BCUT2D eigenvalue weighted by molar-refractivity contribution is 6.17. The first-order valence-electron chi connectivity index (χ1n) is 5.17. The molecule has 1 aromatic rings. The van der Waals surface area contributed by atoms with Gasteiger partial charge in [0.15, 0.2) is 0 Å². The second-order valence-corrected chi connectivity index (χ2v) is 3.73. The lowest BCUT2D eigenvalue weighted by molar-refractivity contribution is -0.384. The van der Waals surface area contributed by atoms with Gasteiger partial charge in [-0.1, -0.05) is 6.07 Å². The molecule has 0 fully saturated rings. The van der Waals surface area contributed by atoms with Crippen LogP contribution in [0, 0.1) is 10.1 Å². The Kier molecular flexibility index (Phi) is 5.64. The molecule has 0 amide bonds. The fourth-order valence-electron chi connectivity index (χ4n) is 1.25. The standard InChI is InChI=1S/C11H14ClNO3/c12-7-2-1-3-8-16-11-6-4-5-10(9-11)13(14)15/h4-6,9H,1-3,7-8H2. The lowest BCUT2D eigenvalue weighted by Crippen LogP contribution is -1.98. The van der Waals surface area contributed by atoms with E-state index in [1.54, 1.807) is 12.1 Å². The molecule has 5 heteroatoms. The summed E-state index contributed by atoms with van der Waals surface area (Å²) in [5.74, 6) is 1.21. The van der Waals surface area contributed by atoms with Crippen LogP contribution in [0.25, 0.3) is 0 Å². The molecule has 0 N–H and O–H groups in total. The highest BCUT2D eigenvalue weighted by Gasteiger charge is 2.05. The first-order valence-corrected chi connectivity index (χ1v) is 5.70. The summed E-state index contributed by atoms with van der Waals surface area (Å²) in [6, 6.07) is 6.21. The SMILES string of the molecule is O=[N+]([O-])c1cccc(OCCCCCCl)c1. The van der Waals surface area contributed by atoms with E-state index < -0.39 is 4.92 Å². The van der Waals surface area contributed by atoms with Gasteiger partial charge in [0, 0.05) is 11.9 Å². The molecule has 0 aromatic heterocycles. The molecule has 88 valence electrons. The van der Waals surface area contributed by atoms with E-state index >= 15 is 0 Å². The van der Waals surface area contributed by atoms with Gasteiger partial charge in [-0.3, -0.25) is 10.1 Å². The summed E-state index contributed by atoms with van der Waals surface area (Å²) in [5, 5.41) is 10.5. The van der Waals surface area contributed by atoms with Crippen LogP contribution in [0.3, 0.4) is 0 Å². The molecule has 4 nitrogen and oxygen atoms in total. The van der Waals surface area contributed by atoms with Crippen LogP contribution in [-0.2, 0) is 0 Å². The van der Waals surface area contributed by atoms with Gasteiger partial charge in [-0.15, -0.1) is 11.6 Å². The van der Waals surface area contributed by atoms with Crippen molar-refractivity contribution in [3.63, 3.8) is 0 Å². The highest BCUT2D eigenvalue weighted by Crippen LogP contribution is 2.19.